The lowest BCUT2D eigenvalue weighted by Gasteiger charge is -2.27. The second kappa shape index (κ2) is 6.57. The molecule has 0 unspecified atom stereocenters. The smallest absolute Gasteiger partial charge is 0.224 e. The van der Waals surface area contributed by atoms with Crippen LogP contribution >= 0.6 is 0 Å². The van der Waals surface area contributed by atoms with E-state index in [0.29, 0.717) is 6.04 Å². The molecule has 0 radical (unpaired) electrons. The van der Waals surface area contributed by atoms with Crippen LogP contribution in [0.2, 0.25) is 0 Å². The van der Waals surface area contributed by atoms with Crippen LogP contribution in [0.1, 0.15) is 46.0 Å². The largest absolute Gasteiger partial charge is 0.367 e. The third-order valence-electron chi connectivity index (χ3n) is 3.56. The second-order valence-electron chi connectivity index (χ2n) is 5.29. The molecule has 0 spiro atoms. The van der Waals surface area contributed by atoms with Crippen molar-refractivity contribution in [1.29, 1.82) is 0 Å². The Balaban J connectivity index is 1.88. The SMILES string of the molecule is CCCNc1nccc(NC2CCC(C)CC2)n1. The Morgan fingerprint density at radius 3 is 2.78 bits per heavy atom. The van der Waals surface area contributed by atoms with Crippen molar-refractivity contribution in [2.24, 2.45) is 5.92 Å². The molecule has 4 nitrogen and oxygen atoms in total. The second-order valence-corrected chi connectivity index (χ2v) is 5.29. The van der Waals surface area contributed by atoms with Crippen LogP contribution in [0, 0.1) is 5.92 Å². The average Bonchev–Trinajstić information content (AvgIpc) is 2.40. The first kappa shape index (κ1) is 13.1. The zero-order chi connectivity index (χ0) is 12.8. The van der Waals surface area contributed by atoms with Gasteiger partial charge in [0.2, 0.25) is 5.95 Å². The molecule has 4 heteroatoms. The summed E-state index contributed by atoms with van der Waals surface area (Å²) >= 11 is 0. The van der Waals surface area contributed by atoms with Crippen molar-refractivity contribution in [3.8, 4) is 0 Å². The van der Waals surface area contributed by atoms with Crippen LogP contribution < -0.4 is 10.6 Å². The molecule has 1 fully saturated rings. The van der Waals surface area contributed by atoms with Crippen LogP contribution in [0.3, 0.4) is 0 Å². The molecule has 2 N–H and O–H groups in total. The van der Waals surface area contributed by atoms with E-state index < -0.39 is 0 Å². The van der Waals surface area contributed by atoms with Crippen molar-refractivity contribution in [2.45, 2.75) is 52.0 Å². The molecule has 18 heavy (non-hydrogen) atoms. The van der Waals surface area contributed by atoms with E-state index in [2.05, 4.69) is 34.4 Å². The molecule has 2 rings (SSSR count). The third-order valence-corrected chi connectivity index (χ3v) is 3.56. The number of rotatable bonds is 5. The van der Waals surface area contributed by atoms with Crippen molar-refractivity contribution in [1.82, 2.24) is 9.97 Å². The first-order valence-corrected chi connectivity index (χ1v) is 7.11. The molecule has 0 atom stereocenters. The monoisotopic (exact) mass is 248 g/mol. The van der Waals surface area contributed by atoms with E-state index >= 15 is 0 Å². The Morgan fingerprint density at radius 1 is 1.28 bits per heavy atom. The van der Waals surface area contributed by atoms with Crippen LogP contribution in [-0.4, -0.2) is 22.6 Å². The van der Waals surface area contributed by atoms with E-state index in [0.717, 1.165) is 30.6 Å². The average molecular weight is 248 g/mol. The Hall–Kier alpha value is -1.32. The van der Waals surface area contributed by atoms with Crippen LogP contribution in [-0.2, 0) is 0 Å². The Labute approximate surface area is 110 Å². The van der Waals surface area contributed by atoms with Gasteiger partial charge in [0.1, 0.15) is 5.82 Å². The van der Waals surface area contributed by atoms with E-state index in [1.807, 2.05) is 12.3 Å². The van der Waals surface area contributed by atoms with Gasteiger partial charge in [-0.3, -0.25) is 0 Å². The van der Waals surface area contributed by atoms with E-state index in [-0.39, 0.29) is 0 Å². The lowest BCUT2D eigenvalue weighted by molar-refractivity contribution is 0.361. The van der Waals surface area contributed by atoms with Crippen LogP contribution in [0.15, 0.2) is 12.3 Å². The number of hydrogen-bond acceptors (Lipinski definition) is 4. The summed E-state index contributed by atoms with van der Waals surface area (Å²) in [4.78, 5) is 8.71. The van der Waals surface area contributed by atoms with Gasteiger partial charge in [0.05, 0.1) is 0 Å². The summed E-state index contributed by atoms with van der Waals surface area (Å²) in [6.07, 6.45) is 8.06. The molecule has 0 amide bonds. The van der Waals surface area contributed by atoms with Crippen molar-refractivity contribution in [3.05, 3.63) is 12.3 Å². The highest BCUT2D eigenvalue weighted by Crippen LogP contribution is 2.25. The molecular formula is C14H24N4. The molecule has 1 heterocycles. The fourth-order valence-corrected chi connectivity index (χ4v) is 2.37. The van der Waals surface area contributed by atoms with Gasteiger partial charge in [-0.1, -0.05) is 13.8 Å². The summed E-state index contributed by atoms with van der Waals surface area (Å²) in [6, 6.07) is 2.53. The van der Waals surface area contributed by atoms with Gasteiger partial charge >= 0.3 is 0 Å². The minimum atomic E-state index is 0.579. The molecule has 1 aromatic heterocycles. The highest BCUT2D eigenvalue weighted by Gasteiger charge is 2.18. The molecular weight excluding hydrogens is 224 g/mol. The summed E-state index contributed by atoms with van der Waals surface area (Å²) in [7, 11) is 0. The molecule has 100 valence electrons. The van der Waals surface area contributed by atoms with Crippen molar-refractivity contribution < 1.29 is 0 Å². The minimum Gasteiger partial charge on any atom is -0.367 e. The Morgan fingerprint density at radius 2 is 2.06 bits per heavy atom. The molecule has 1 saturated carbocycles. The zero-order valence-electron chi connectivity index (χ0n) is 11.4. The van der Waals surface area contributed by atoms with E-state index in [1.165, 1.54) is 25.7 Å². The number of nitrogens with one attached hydrogen (secondary N) is 2. The van der Waals surface area contributed by atoms with Gasteiger partial charge in [-0.05, 0) is 44.1 Å². The summed E-state index contributed by atoms with van der Waals surface area (Å²) in [5, 5.41) is 6.74. The molecule has 0 saturated heterocycles. The molecule has 0 aliphatic heterocycles. The maximum absolute atomic E-state index is 4.49. The third kappa shape index (κ3) is 3.86. The predicted octanol–water partition coefficient (Wildman–Crippen LogP) is 3.29. The first-order valence-electron chi connectivity index (χ1n) is 7.11. The topological polar surface area (TPSA) is 49.8 Å². The van der Waals surface area contributed by atoms with Gasteiger partial charge in [-0.25, -0.2) is 4.98 Å². The van der Waals surface area contributed by atoms with Gasteiger partial charge in [0.15, 0.2) is 0 Å². The summed E-state index contributed by atoms with van der Waals surface area (Å²) < 4.78 is 0. The molecule has 0 bridgehead atoms. The normalized spacial score (nSPS) is 23.7. The summed E-state index contributed by atoms with van der Waals surface area (Å²) in [5.41, 5.74) is 0. The van der Waals surface area contributed by atoms with Crippen LogP contribution in [0.4, 0.5) is 11.8 Å². The lowest BCUT2D eigenvalue weighted by Crippen LogP contribution is -2.25. The van der Waals surface area contributed by atoms with Gasteiger partial charge in [0.25, 0.3) is 0 Å². The fraction of sp³-hybridized carbons (Fsp3) is 0.714. The number of anilines is 2. The lowest BCUT2D eigenvalue weighted by atomic mass is 9.87. The standard InChI is InChI=1S/C14H24N4/c1-3-9-15-14-16-10-8-13(18-14)17-12-6-4-11(2)5-7-12/h8,10-12H,3-7,9H2,1-2H3,(H2,15,16,17,18). The van der Waals surface area contributed by atoms with Gasteiger partial charge in [0, 0.05) is 18.8 Å². The van der Waals surface area contributed by atoms with Crippen molar-refractivity contribution >= 4 is 11.8 Å². The van der Waals surface area contributed by atoms with Gasteiger partial charge in [-0.15, -0.1) is 0 Å². The van der Waals surface area contributed by atoms with Gasteiger partial charge < -0.3 is 10.6 Å². The molecule has 1 aliphatic carbocycles. The van der Waals surface area contributed by atoms with E-state index in [4.69, 9.17) is 0 Å². The van der Waals surface area contributed by atoms with Crippen LogP contribution in [0.5, 0.6) is 0 Å². The highest BCUT2D eigenvalue weighted by molar-refractivity contribution is 5.40. The Kier molecular flexibility index (Phi) is 4.79. The highest BCUT2D eigenvalue weighted by atomic mass is 15.1. The number of aromatic nitrogens is 2. The minimum absolute atomic E-state index is 0.579. The zero-order valence-corrected chi connectivity index (χ0v) is 11.4. The summed E-state index contributed by atoms with van der Waals surface area (Å²) in [5.74, 6) is 2.56. The number of hydrogen-bond donors (Lipinski definition) is 2. The van der Waals surface area contributed by atoms with Gasteiger partial charge in [-0.2, -0.15) is 4.98 Å². The molecule has 0 aromatic carbocycles. The molecule has 1 aliphatic rings. The van der Waals surface area contributed by atoms with Crippen LogP contribution in [0.25, 0.3) is 0 Å². The van der Waals surface area contributed by atoms with E-state index in [9.17, 15) is 0 Å². The first-order chi connectivity index (χ1) is 8.78. The summed E-state index contributed by atoms with van der Waals surface area (Å²) in [6.45, 7) is 5.40. The predicted molar refractivity (Wildman–Crippen MR) is 75.9 cm³/mol. The Bertz CT molecular complexity index is 359. The maximum atomic E-state index is 4.49. The van der Waals surface area contributed by atoms with E-state index in [1.54, 1.807) is 0 Å². The quantitative estimate of drug-likeness (QED) is 0.839. The van der Waals surface area contributed by atoms with Crippen molar-refractivity contribution in [2.75, 3.05) is 17.2 Å². The molecule has 1 aromatic rings. The van der Waals surface area contributed by atoms with Crippen molar-refractivity contribution in [3.63, 3.8) is 0 Å². The maximum Gasteiger partial charge on any atom is 0.224 e. The fourth-order valence-electron chi connectivity index (χ4n) is 2.37. The number of nitrogens with zero attached hydrogens (tertiary/aromatic N) is 2.